The second kappa shape index (κ2) is 6.89. The Morgan fingerprint density at radius 2 is 2.17 bits per heavy atom. The molecular weight excluding hydrogens is 318 g/mol. The van der Waals surface area contributed by atoms with E-state index in [-0.39, 0.29) is 24.5 Å². The monoisotopic (exact) mass is 333 g/mol. The average Bonchev–Trinajstić information content (AvgIpc) is 2.72. The smallest absolute Gasteiger partial charge is 0.325 e. The normalized spacial score (nSPS) is 10.5. The predicted octanol–water partition coefficient (Wildman–Crippen LogP) is 2.92. The zero-order chi connectivity index (χ0) is 13.7. The van der Waals surface area contributed by atoms with E-state index in [9.17, 15) is 9.59 Å². The fourth-order valence-corrected chi connectivity index (χ4v) is 2.55. The molecule has 0 saturated heterocycles. The molecule has 1 heterocycles. The fraction of sp³-hybridized carbons (Fsp3) is 0.500. The molecule has 0 fully saturated rings. The highest BCUT2D eigenvalue weighted by Crippen LogP contribution is 2.22. The highest BCUT2D eigenvalue weighted by atomic mass is 79.9. The van der Waals surface area contributed by atoms with E-state index in [4.69, 9.17) is 4.74 Å². The van der Waals surface area contributed by atoms with E-state index in [2.05, 4.69) is 15.9 Å². The number of halogens is 1. The molecule has 0 aliphatic carbocycles. The van der Waals surface area contributed by atoms with Gasteiger partial charge >= 0.3 is 5.97 Å². The zero-order valence-electron chi connectivity index (χ0n) is 10.6. The Hall–Kier alpha value is -0.880. The standard InChI is InChI=1S/C12H16BrNO3S/c1-4-17-11(15)6-14(8(2)3)12(16)9-5-10(13)18-7-9/h5,7-8H,4,6H2,1-3H3. The van der Waals surface area contributed by atoms with Gasteiger partial charge in [0, 0.05) is 11.4 Å². The molecule has 6 heteroatoms. The van der Waals surface area contributed by atoms with Crippen molar-refractivity contribution >= 4 is 39.1 Å². The van der Waals surface area contributed by atoms with Gasteiger partial charge < -0.3 is 9.64 Å². The summed E-state index contributed by atoms with van der Waals surface area (Å²) in [4.78, 5) is 25.2. The van der Waals surface area contributed by atoms with Crippen molar-refractivity contribution in [3.63, 3.8) is 0 Å². The third-order valence-corrected chi connectivity index (χ3v) is 3.81. The molecule has 0 aliphatic heterocycles. The summed E-state index contributed by atoms with van der Waals surface area (Å²) in [5.74, 6) is -0.533. The van der Waals surface area contributed by atoms with Crippen LogP contribution in [-0.4, -0.2) is 36.0 Å². The van der Waals surface area contributed by atoms with Crippen molar-refractivity contribution in [3.8, 4) is 0 Å². The van der Waals surface area contributed by atoms with E-state index < -0.39 is 0 Å². The summed E-state index contributed by atoms with van der Waals surface area (Å²) in [7, 11) is 0. The van der Waals surface area contributed by atoms with Crippen LogP contribution in [0.15, 0.2) is 15.2 Å². The maximum absolute atomic E-state index is 12.2. The van der Waals surface area contributed by atoms with Crippen molar-refractivity contribution in [1.82, 2.24) is 4.90 Å². The quantitative estimate of drug-likeness (QED) is 0.778. The first-order valence-corrected chi connectivity index (χ1v) is 7.33. The molecule has 1 aromatic heterocycles. The molecule has 4 nitrogen and oxygen atoms in total. The molecule has 0 bridgehead atoms. The third-order valence-electron chi connectivity index (χ3n) is 2.30. The van der Waals surface area contributed by atoms with Crippen LogP contribution in [0.5, 0.6) is 0 Å². The molecule has 0 N–H and O–H groups in total. The number of ether oxygens (including phenoxy) is 1. The number of hydrogen-bond acceptors (Lipinski definition) is 4. The van der Waals surface area contributed by atoms with Gasteiger partial charge in [-0.25, -0.2) is 0 Å². The molecule has 0 aromatic carbocycles. The van der Waals surface area contributed by atoms with E-state index in [1.54, 1.807) is 18.4 Å². The number of carbonyl (C=O) groups is 2. The van der Waals surface area contributed by atoms with E-state index in [0.29, 0.717) is 12.2 Å². The largest absolute Gasteiger partial charge is 0.465 e. The summed E-state index contributed by atoms with van der Waals surface area (Å²) in [6, 6.07) is 1.70. The van der Waals surface area contributed by atoms with Gasteiger partial charge in [-0.1, -0.05) is 0 Å². The molecule has 1 aromatic rings. The van der Waals surface area contributed by atoms with Gasteiger partial charge in [0.25, 0.3) is 5.91 Å². The molecule has 0 saturated carbocycles. The Balaban J connectivity index is 2.79. The Bertz CT molecular complexity index is 431. The SMILES string of the molecule is CCOC(=O)CN(C(=O)c1csc(Br)c1)C(C)C. The van der Waals surface area contributed by atoms with Gasteiger partial charge in [0.05, 0.1) is 16.0 Å². The van der Waals surface area contributed by atoms with Crippen molar-refractivity contribution in [2.75, 3.05) is 13.2 Å². The van der Waals surface area contributed by atoms with Crippen LogP contribution in [0.25, 0.3) is 0 Å². The summed E-state index contributed by atoms with van der Waals surface area (Å²) in [5.41, 5.74) is 0.588. The van der Waals surface area contributed by atoms with Gasteiger partial charge in [0.2, 0.25) is 0 Å². The van der Waals surface area contributed by atoms with Gasteiger partial charge in [0.1, 0.15) is 6.54 Å². The van der Waals surface area contributed by atoms with Crippen LogP contribution in [0.3, 0.4) is 0 Å². The van der Waals surface area contributed by atoms with Gasteiger partial charge in [-0.05, 0) is 42.8 Å². The fourth-order valence-electron chi connectivity index (χ4n) is 1.42. The Morgan fingerprint density at radius 3 is 2.61 bits per heavy atom. The zero-order valence-corrected chi connectivity index (χ0v) is 13.0. The number of rotatable bonds is 5. The van der Waals surface area contributed by atoms with Crippen LogP contribution in [0, 0.1) is 0 Å². The highest BCUT2D eigenvalue weighted by Gasteiger charge is 2.22. The Morgan fingerprint density at radius 1 is 1.50 bits per heavy atom. The Labute approximate surface area is 119 Å². The summed E-state index contributed by atoms with van der Waals surface area (Å²) < 4.78 is 5.77. The predicted molar refractivity (Wildman–Crippen MR) is 74.8 cm³/mol. The van der Waals surface area contributed by atoms with Gasteiger partial charge in [-0.2, -0.15) is 0 Å². The average molecular weight is 334 g/mol. The summed E-state index contributed by atoms with van der Waals surface area (Å²) in [6.07, 6.45) is 0. The summed E-state index contributed by atoms with van der Waals surface area (Å²) >= 11 is 4.76. The summed E-state index contributed by atoms with van der Waals surface area (Å²) in [5, 5.41) is 1.77. The molecular formula is C12H16BrNO3S. The van der Waals surface area contributed by atoms with Crippen LogP contribution in [-0.2, 0) is 9.53 Å². The number of thiophene rings is 1. The van der Waals surface area contributed by atoms with Crippen molar-refractivity contribution in [2.24, 2.45) is 0 Å². The molecule has 18 heavy (non-hydrogen) atoms. The molecule has 100 valence electrons. The van der Waals surface area contributed by atoms with Gasteiger partial charge in [-0.15, -0.1) is 11.3 Å². The first-order chi connectivity index (χ1) is 8.45. The number of amides is 1. The molecule has 0 aliphatic rings. The van der Waals surface area contributed by atoms with Crippen molar-refractivity contribution in [2.45, 2.75) is 26.8 Å². The maximum Gasteiger partial charge on any atom is 0.325 e. The Kier molecular flexibility index (Phi) is 5.81. The summed E-state index contributed by atoms with van der Waals surface area (Å²) in [6.45, 7) is 5.80. The topological polar surface area (TPSA) is 46.6 Å². The van der Waals surface area contributed by atoms with Gasteiger partial charge in [0.15, 0.2) is 0 Å². The molecule has 0 spiro atoms. The van der Waals surface area contributed by atoms with Gasteiger partial charge in [-0.3, -0.25) is 9.59 Å². The number of carbonyl (C=O) groups excluding carboxylic acids is 2. The first-order valence-electron chi connectivity index (χ1n) is 5.66. The number of hydrogen-bond donors (Lipinski definition) is 0. The van der Waals surface area contributed by atoms with E-state index in [0.717, 1.165) is 3.79 Å². The molecule has 1 rings (SSSR count). The molecule has 1 amide bonds. The lowest BCUT2D eigenvalue weighted by Gasteiger charge is -2.25. The minimum Gasteiger partial charge on any atom is -0.465 e. The van der Waals surface area contributed by atoms with Crippen LogP contribution in [0.4, 0.5) is 0 Å². The van der Waals surface area contributed by atoms with Crippen LogP contribution >= 0.6 is 27.3 Å². The van der Waals surface area contributed by atoms with E-state index in [1.165, 1.54) is 16.2 Å². The lowest BCUT2D eigenvalue weighted by atomic mass is 10.2. The number of esters is 1. The van der Waals surface area contributed by atoms with Crippen molar-refractivity contribution in [1.29, 1.82) is 0 Å². The van der Waals surface area contributed by atoms with E-state index >= 15 is 0 Å². The minimum atomic E-state index is -0.381. The second-order valence-electron chi connectivity index (χ2n) is 3.97. The van der Waals surface area contributed by atoms with Crippen molar-refractivity contribution < 1.29 is 14.3 Å². The second-order valence-corrected chi connectivity index (χ2v) is 6.26. The highest BCUT2D eigenvalue weighted by molar-refractivity contribution is 9.11. The lowest BCUT2D eigenvalue weighted by molar-refractivity contribution is -0.144. The van der Waals surface area contributed by atoms with Crippen LogP contribution in [0.2, 0.25) is 0 Å². The third kappa shape index (κ3) is 4.10. The molecule has 0 atom stereocenters. The molecule has 0 unspecified atom stereocenters. The van der Waals surface area contributed by atoms with Crippen LogP contribution < -0.4 is 0 Å². The van der Waals surface area contributed by atoms with Crippen molar-refractivity contribution in [3.05, 3.63) is 20.8 Å². The van der Waals surface area contributed by atoms with E-state index in [1.807, 2.05) is 13.8 Å². The molecule has 0 radical (unpaired) electrons. The first kappa shape index (κ1) is 15.2. The minimum absolute atomic E-state index is 0.0161. The maximum atomic E-state index is 12.2. The van der Waals surface area contributed by atoms with Crippen LogP contribution in [0.1, 0.15) is 31.1 Å². The number of nitrogens with zero attached hydrogens (tertiary/aromatic N) is 1. The lowest BCUT2D eigenvalue weighted by Crippen LogP contribution is -2.41.